The van der Waals surface area contributed by atoms with E-state index in [0.717, 1.165) is 11.3 Å². The van der Waals surface area contributed by atoms with Crippen molar-refractivity contribution in [3.05, 3.63) is 29.6 Å². The average molecular weight is 194 g/mol. The van der Waals surface area contributed by atoms with E-state index in [1.54, 1.807) is 13.1 Å². The predicted molar refractivity (Wildman–Crippen MR) is 52.9 cm³/mol. The maximum atomic E-state index is 10.5. The third-order valence-corrected chi connectivity index (χ3v) is 1.93. The molecule has 0 spiro atoms. The number of carboxylic acids is 1. The number of hydrogen-bond acceptors (Lipinski definition) is 3. The number of carboxylic acid groups (broad SMARTS) is 1. The number of aromatic nitrogens is 1. The van der Waals surface area contributed by atoms with E-state index in [2.05, 4.69) is 10.3 Å². The largest absolute Gasteiger partial charge is 0.480 e. The van der Waals surface area contributed by atoms with Gasteiger partial charge in [0.15, 0.2) is 0 Å². The lowest BCUT2D eigenvalue weighted by Crippen LogP contribution is -2.33. The fraction of sp³-hybridized carbons (Fsp3) is 0.400. The van der Waals surface area contributed by atoms with Crippen LogP contribution in [0.15, 0.2) is 18.3 Å². The Morgan fingerprint density at radius 3 is 2.86 bits per heavy atom. The molecule has 4 nitrogen and oxygen atoms in total. The molecule has 0 amide bonds. The number of aliphatic carboxylic acids is 1. The van der Waals surface area contributed by atoms with Crippen molar-refractivity contribution in [1.82, 2.24) is 10.3 Å². The van der Waals surface area contributed by atoms with Crippen molar-refractivity contribution in [3.63, 3.8) is 0 Å². The average Bonchev–Trinajstić information content (AvgIpc) is 2.16. The Morgan fingerprint density at radius 2 is 2.36 bits per heavy atom. The molecule has 0 aliphatic heterocycles. The SMILES string of the molecule is Cc1ccc(CNC(C)C(=O)O)nc1. The minimum atomic E-state index is -0.850. The summed E-state index contributed by atoms with van der Waals surface area (Å²) in [5.74, 6) is -0.850. The Morgan fingerprint density at radius 1 is 1.64 bits per heavy atom. The van der Waals surface area contributed by atoms with Crippen molar-refractivity contribution in [2.45, 2.75) is 26.4 Å². The first-order valence-corrected chi connectivity index (χ1v) is 4.47. The van der Waals surface area contributed by atoms with Crippen LogP contribution in [0.2, 0.25) is 0 Å². The molecule has 0 radical (unpaired) electrons. The van der Waals surface area contributed by atoms with Crippen LogP contribution in [-0.4, -0.2) is 22.1 Å². The molecule has 0 saturated heterocycles. The molecule has 1 rings (SSSR count). The number of rotatable bonds is 4. The van der Waals surface area contributed by atoms with E-state index >= 15 is 0 Å². The van der Waals surface area contributed by atoms with Crippen LogP contribution in [-0.2, 0) is 11.3 Å². The Labute approximate surface area is 83.0 Å². The summed E-state index contributed by atoms with van der Waals surface area (Å²) < 4.78 is 0. The van der Waals surface area contributed by atoms with Crippen molar-refractivity contribution >= 4 is 5.97 Å². The van der Waals surface area contributed by atoms with E-state index in [4.69, 9.17) is 5.11 Å². The number of carbonyl (C=O) groups is 1. The van der Waals surface area contributed by atoms with Crippen LogP contribution in [0, 0.1) is 6.92 Å². The zero-order valence-electron chi connectivity index (χ0n) is 8.32. The highest BCUT2D eigenvalue weighted by atomic mass is 16.4. The number of nitrogens with one attached hydrogen (secondary N) is 1. The topological polar surface area (TPSA) is 62.2 Å². The van der Waals surface area contributed by atoms with Crippen LogP contribution in [0.1, 0.15) is 18.2 Å². The standard InChI is InChI=1S/C10H14N2O2/c1-7-3-4-9(12-5-7)6-11-8(2)10(13)14/h3-5,8,11H,6H2,1-2H3,(H,13,14). The molecule has 0 saturated carbocycles. The van der Waals surface area contributed by atoms with E-state index in [-0.39, 0.29) is 0 Å². The molecule has 1 heterocycles. The van der Waals surface area contributed by atoms with E-state index in [9.17, 15) is 4.79 Å². The van der Waals surface area contributed by atoms with Gasteiger partial charge in [0.25, 0.3) is 0 Å². The zero-order chi connectivity index (χ0) is 10.6. The summed E-state index contributed by atoms with van der Waals surface area (Å²) in [4.78, 5) is 14.6. The van der Waals surface area contributed by atoms with Gasteiger partial charge in [-0.05, 0) is 25.5 Å². The van der Waals surface area contributed by atoms with Crippen molar-refractivity contribution in [3.8, 4) is 0 Å². The molecule has 1 aromatic heterocycles. The zero-order valence-corrected chi connectivity index (χ0v) is 8.32. The fourth-order valence-corrected chi connectivity index (χ4v) is 0.948. The van der Waals surface area contributed by atoms with Crippen molar-refractivity contribution < 1.29 is 9.90 Å². The molecule has 4 heteroatoms. The van der Waals surface area contributed by atoms with Crippen LogP contribution in [0.3, 0.4) is 0 Å². The first kappa shape index (κ1) is 10.7. The molecule has 0 aliphatic carbocycles. The van der Waals surface area contributed by atoms with Gasteiger partial charge in [-0.1, -0.05) is 6.07 Å². The van der Waals surface area contributed by atoms with E-state index in [1.807, 2.05) is 19.1 Å². The second-order valence-corrected chi connectivity index (χ2v) is 3.27. The molecule has 1 atom stereocenters. The molecule has 0 bridgehead atoms. The fourth-order valence-electron chi connectivity index (χ4n) is 0.948. The Kier molecular flexibility index (Phi) is 3.59. The summed E-state index contributed by atoms with van der Waals surface area (Å²) in [5.41, 5.74) is 1.95. The monoisotopic (exact) mass is 194 g/mol. The molecule has 76 valence electrons. The van der Waals surface area contributed by atoms with Gasteiger partial charge in [-0.25, -0.2) is 0 Å². The van der Waals surface area contributed by atoms with E-state index < -0.39 is 12.0 Å². The first-order chi connectivity index (χ1) is 6.59. The van der Waals surface area contributed by atoms with Crippen molar-refractivity contribution in [2.24, 2.45) is 0 Å². The van der Waals surface area contributed by atoms with Crippen LogP contribution >= 0.6 is 0 Å². The molecule has 1 aromatic rings. The van der Waals surface area contributed by atoms with Crippen molar-refractivity contribution in [2.75, 3.05) is 0 Å². The lowest BCUT2D eigenvalue weighted by molar-refractivity contribution is -0.139. The quantitative estimate of drug-likeness (QED) is 0.749. The summed E-state index contributed by atoms with van der Waals surface area (Å²) >= 11 is 0. The van der Waals surface area contributed by atoms with Gasteiger partial charge in [0, 0.05) is 12.7 Å². The van der Waals surface area contributed by atoms with Gasteiger partial charge in [-0.3, -0.25) is 15.1 Å². The van der Waals surface area contributed by atoms with Crippen LogP contribution in [0.4, 0.5) is 0 Å². The lowest BCUT2D eigenvalue weighted by Gasteiger charge is -2.08. The van der Waals surface area contributed by atoms with Crippen LogP contribution in [0.25, 0.3) is 0 Å². The third kappa shape index (κ3) is 3.14. The minimum absolute atomic E-state index is 0.480. The highest BCUT2D eigenvalue weighted by molar-refractivity contribution is 5.72. The predicted octanol–water partition coefficient (Wildman–Crippen LogP) is 0.953. The highest BCUT2D eigenvalue weighted by Crippen LogP contribution is 1.98. The first-order valence-electron chi connectivity index (χ1n) is 4.47. The highest BCUT2D eigenvalue weighted by Gasteiger charge is 2.09. The summed E-state index contributed by atoms with van der Waals surface area (Å²) in [6, 6.07) is 3.30. The molecule has 14 heavy (non-hydrogen) atoms. The summed E-state index contributed by atoms with van der Waals surface area (Å²) in [5, 5.41) is 11.5. The molecule has 0 aromatic carbocycles. The van der Waals surface area contributed by atoms with Gasteiger partial charge in [-0.2, -0.15) is 0 Å². The summed E-state index contributed by atoms with van der Waals surface area (Å²) in [6.45, 7) is 4.05. The molecule has 0 aliphatic rings. The van der Waals surface area contributed by atoms with E-state index in [1.165, 1.54) is 0 Å². The summed E-state index contributed by atoms with van der Waals surface area (Å²) in [7, 11) is 0. The van der Waals surface area contributed by atoms with Crippen molar-refractivity contribution in [1.29, 1.82) is 0 Å². The summed E-state index contributed by atoms with van der Waals surface area (Å²) in [6.07, 6.45) is 1.77. The molecule has 0 fully saturated rings. The molecule has 2 N–H and O–H groups in total. The maximum Gasteiger partial charge on any atom is 0.320 e. The van der Waals surface area contributed by atoms with E-state index in [0.29, 0.717) is 6.54 Å². The van der Waals surface area contributed by atoms with Gasteiger partial charge in [0.2, 0.25) is 0 Å². The number of aryl methyl sites for hydroxylation is 1. The van der Waals surface area contributed by atoms with Gasteiger partial charge in [0.05, 0.1) is 5.69 Å². The van der Waals surface area contributed by atoms with Crippen LogP contribution in [0.5, 0.6) is 0 Å². The molecule has 1 unspecified atom stereocenters. The Hall–Kier alpha value is -1.42. The minimum Gasteiger partial charge on any atom is -0.480 e. The second-order valence-electron chi connectivity index (χ2n) is 3.27. The lowest BCUT2D eigenvalue weighted by atomic mass is 10.2. The van der Waals surface area contributed by atoms with Gasteiger partial charge in [0.1, 0.15) is 6.04 Å². The van der Waals surface area contributed by atoms with Gasteiger partial charge in [-0.15, -0.1) is 0 Å². The molecular formula is C10H14N2O2. The number of pyridine rings is 1. The number of nitrogens with zero attached hydrogens (tertiary/aromatic N) is 1. The molecular weight excluding hydrogens is 180 g/mol. The van der Waals surface area contributed by atoms with Gasteiger partial charge >= 0.3 is 5.97 Å². The Balaban J connectivity index is 2.46. The maximum absolute atomic E-state index is 10.5. The van der Waals surface area contributed by atoms with Gasteiger partial charge < -0.3 is 5.11 Å². The number of hydrogen-bond donors (Lipinski definition) is 2. The normalized spacial score (nSPS) is 12.4. The second kappa shape index (κ2) is 4.72. The van der Waals surface area contributed by atoms with Crippen LogP contribution < -0.4 is 5.32 Å². The third-order valence-electron chi connectivity index (χ3n) is 1.93. The Bertz CT molecular complexity index is 308. The smallest absolute Gasteiger partial charge is 0.320 e.